The fraction of sp³-hybridized carbons (Fsp3) is 0.538. The van der Waals surface area contributed by atoms with Gasteiger partial charge in [0.05, 0.1) is 12.7 Å². The Morgan fingerprint density at radius 3 is 2.24 bits per heavy atom. The van der Waals surface area contributed by atoms with Gasteiger partial charge in [-0.2, -0.15) is 0 Å². The first-order valence-electron chi connectivity index (χ1n) is 5.38. The van der Waals surface area contributed by atoms with Gasteiger partial charge in [0.25, 0.3) is 0 Å². The second kappa shape index (κ2) is 4.63. The van der Waals surface area contributed by atoms with Crippen LogP contribution in [0.2, 0.25) is 0 Å². The third-order valence-electron chi connectivity index (χ3n) is 3.37. The standard InChI is InChI=1S/C13H19FO3/c1-12(2,17-5)13(3,15)10-8-9(14)6-7-11(10)16-4/h6-8,15H,1-5H3. The van der Waals surface area contributed by atoms with E-state index in [2.05, 4.69) is 0 Å². The molecule has 0 aliphatic carbocycles. The average molecular weight is 242 g/mol. The van der Waals surface area contributed by atoms with Crippen molar-refractivity contribution in [3.05, 3.63) is 29.6 Å². The molecular formula is C13H19FO3. The topological polar surface area (TPSA) is 38.7 Å². The molecule has 4 heteroatoms. The molecule has 0 heterocycles. The number of rotatable bonds is 4. The predicted molar refractivity (Wildman–Crippen MR) is 63.6 cm³/mol. The smallest absolute Gasteiger partial charge is 0.125 e. The second-order valence-corrected chi connectivity index (χ2v) is 4.63. The Balaban J connectivity index is 3.36. The zero-order valence-electron chi connectivity index (χ0n) is 10.9. The van der Waals surface area contributed by atoms with E-state index in [0.717, 1.165) is 0 Å². The summed E-state index contributed by atoms with van der Waals surface area (Å²) in [4.78, 5) is 0. The van der Waals surface area contributed by atoms with Crippen molar-refractivity contribution in [3.8, 4) is 5.75 Å². The summed E-state index contributed by atoms with van der Waals surface area (Å²) >= 11 is 0. The summed E-state index contributed by atoms with van der Waals surface area (Å²) in [5.74, 6) is 0.00880. The molecule has 0 aliphatic heterocycles. The molecule has 0 saturated carbocycles. The monoisotopic (exact) mass is 242 g/mol. The highest BCUT2D eigenvalue weighted by molar-refractivity contribution is 5.39. The SMILES string of the molecule is COc1ccc(F)cc1C(C)(O)C(C)(C)OC. The second-order valence-electron chi connectivity index (χ2n) is 4.63. The Kier molecular flexibility index (Phi) is 3.79. The highest BCUT2D eigenvalue weighted by atomic mass is 19.1. The number of halogens is 1. The molecule has 3 nitrogen and oxygen atoms in total. The lowest BCUT2D eigenvalue weighted by molar-refractivity contribution is -0.146. The molecule has 1 atom stereocenters. The molecular weight excluding hydrogens is 223 g/mol. The number of benzene rings is 1. The Morgan fingerprint density at radius 2 is 1.76 bits per heavy atom. The van der Waals surface area contributed by atoms with Crippen LogP contribution in [-0.2, 0) is 10.3 Å². The highest BCUT2D eigenvalue weighted by Gasteiger charge is 2.43. The van der Waals surface area contributed by atoms with Crippen LogP contribution in [0.4, 0.5) is 4.39 Å². The Labute approximate surface area is 101 Å². The summed E-state index contributed by atoms with van der Waals surface area (Å²) in [5.41, 5.74) is -1.87. The van der Waals surface area contributed by atoms with Crippen molar-refractivity contribution in [2.45, 2.75) is 32.0 Å². The number of ether oxygens (including phenoxy) is 2. The van der Waals surface area contributed by atoms with E-state index < -0.39 is 17.0 Å². The molecule has 0 aliphatic rings. The molecule has 0 aromatic heterocycles. The fourth-order valence-electron chi connectivity index (χ4n) is 1.58. The van der Waals surface area contributed by atoms with Gasteiger partial charge in [-0.15, -0.1) is 0 Å². The quantitative estimate of drug-likeness (QED) is 0.881. The molecule has 1 N–H and O–H groups in total. The Bertz CT molecular complexity index is 400. The van der Waals surface area contributed by atoms with Gasteiger partial charge in [-0.1, -0.05) is 0 Å². The van der Waals surface area contributed by atoms with Crippen LogP contribution in [0, 0.1) is 5.82 Å². The Hall–Kier alpha value is -1.13. The van der Waals surface area contributed by atoms with Crippen LogP contribution in [0.3, 0.4) is 0 Å². The maximum absolute atomic E-state index is 13.3. The van der Waals surface area contributed by atoms with E-state index in [1.54, 1.807) is 20.8 Å². The summed E-state index contributed by atoms with van der Waals surface area (Å²) in [5, 5.41) is 10.6. The van der Waals surface area contributed by atoms with Crippen LogP contribution < -0.4 is 4.74 Å². The van der Waals surface area contributed by atoms with Crippen LogP contribution in [0.1, 0.15) is 26.3 Å². The number of aliphatic hydroxyl groups is 1. The molecule has 1 unspecified atom stereocenters. The lowest BCUT2D eigenvalue weighted by Crippen LogP contribution is -2.46. The van der Waals surface area contributed by atoms with Crippen molar-refractivity contribution in [1.82, 2.24) is 0 Å². The van der Waals surface area contributed by atoms with Crippen LogP contribution in [-0.4, -0.2) is 24.9 Å². The molecule has 1 aromatic rings. The van der Waals surface area contributed by atoms with Gasteiger partial charge in [-0.05, 0) is 39.0 Å². The molecule has 96 valence electrons. The highest BCUT2D eigenvalue weighted by Crippen LogP contribution is 2.39. The molecule has 0 saturated heterocycles. The third-order valence-corrected chi connectivity index (χ3v) is 3.37. The number of hydrogen-bond donors (Lipinski definition) is 1. The zero-order chi connectivity index (χ0) is 13.3. The zero-order valence-corrected chi connectivity index (χ0v) is 10.9. The molecule has 0 fully saturated rings. The van der Waals surface area contributed by atoms with Crippen LogP contribution >= 0.6 is 0 Å². The fourth-order valence-corrected chi connectivity index (χ4v) is 1.58. The van der Waals surface area contributed by atoms with E-state index in [9.17, 15) is 9.50 Å². The number of hydrogen-bond acceptors (Lipinski definition) is 3. The van der Waals surface area contributed by atoms with Crippen molar-refractivity contribution in [2.75, 3.05) is 14.2 Å². The minimum atomic E-state index is -1.37. The van der Waals surface area contributed by atoms with E-state index in [0.29, 0.717) is 11.3 Å². The molecule has 0 bridgehead atoms. The van der Waals surface area contributed by atoms with Gasteiger partial charge in [-0.25, -0.2) is 4.39 Å². The average Bonchev–Trinajstić information content (AvgIpc) is 2.28. The van der Waals surface area contributed by atoms with Crippen molar-refractivity contribution in [1.29, 1.82) is 0 Å². The first-order chi connectivity index (χ1) is 7.76. The summed E-state index contributed by atoms with van der Waals surface area (Å²) in [6.07, 6.45) is 0. The maximum Gasteiger partial charge on any atom is 0.125 e. The van der Waals surface area contributed by atoms with E-state index in [1.165, 1.54) is 32.4 Å². The summed E-state index contributed by atoms with van der Waals surface area (Å²) in [6, 6.07) is 4.04. The van der Waals surface area contributed by atoms with Crippen LogP contribution in [0.25, 0.3) is 0 Å². The van der Waals surface area contributed by atoms with Crippen molar-refractivity contribution < 1.29 is 19.0 Å². The van der Waals surface area contributed by atoms with Gasteiger partial charge >= 0.3 is 0 Å². The molecule has 0 amide bonds. The van der Waals surface area contributed by atoms with E-state index in [-0.39, 0.29) is 0 Å². The minimum absolute atomic E-state index is 0.367. The van der Waals surface area contributed by atoms with Gasteiger partial charge in [0.2, 0.25) is 0 Å². The van der Waals surface area contributed by atoms with Gasteiger partial charge in [0.15, 0.2) is 0 Å². The molecule has 0 radical (unpaired) electrons. The first kappa shape index (κ1) is 13.9. The molecule has 17 heavy (non-hydrogen) atoms. The van der Waals surface area contributed by atoms with Crippen molar-refractivity contribution in [3.63, 3.8) is 0 Å². The molecule has 1 rings (SSSR count). The van der Waals surface area contributed by atoms with Crippen molar-refractivity contribution in [2.24, 2.45) is 0 Å². The van der Waals surface area contributed by atoms with E-state index in [4.69, 9.17) is 9.47 Å². The largest absolute Gasteiger partial charge is 0.496 e. The third kappa shape index (κ3) is 2.42. The van der Waals surface area contributed by atoms with Crippen LogP contribution in [0.5, 0.6) is 5.75 Å². The Morgan fingerprint density at radius 1 is 1.18 bits per heavy atom. The number of methoxy groups -OCH3 is 2. The summed E-state index contributed by atoms with van der Waals surface area (Å²) < 4.78 is 23.7. The van der Waals surface area contributed by atoms with Gasteiger partial charge in [0.1, 0.15) is 17.2 Å². The first-order valence-corrected chi connectivity index (χ1v) is 5.38. The summed E-state index contributed by atoms with van der Waals surface area (Å²) in [7, 11) is 2.98. The summed E-state index contributed by atoms with van der Waals surface area (Å²) in [6.45, 7) is 5.04. The van der Waals surface area contributed by atoms with Gasteiger partial charge in [0, 0.05) is 12.7 Å². The molecule has 1 aromatic carbocycles. The van der Waals surface area contributed by atoms with Crippen LogP contribution in [0.15, 0.2) is 18.2 Å². The van der Waals surface area contributed by atoms with Gasteiger partial charge < -0.3 is 14.6 Å². The van der Waals surface area contributed by atoms with Crippen molar-refractivity contribution >= 4 is 0 Å². The minimum Gasteiger partial charge on any atom is -0.496 e. The molecule has 0 spiro atoms. The lowest BCUT2D eigenvalue weighted by atomic mass is 9.80. The van der Waals surface area contributed by atoms with E-state index >= 15 is 0 Å². The van der Waals surface area contributed by atoms with E-state index in [1.807, 2.05) is 0 Å². The normalized spacial score (nSPS) is 15.5. The van der Waals surface area contributed by atoms with Gasteiger partial charge in [-0.3, -0.25) is 0 Å². The maximum atomic E-state index is 13.3. The lowest BCUT2D eigenvalue weighted by Gasteiger charge is -2.39. The predicted octanol–water partition coefficient (Wildman–Crippen LogP) is 2.47.